The molecule has 0 aliphatic carbocycles. The van der Waals surface area contributed by atoms with Crippen LogP contribution >= 0.6 is 0 Å². The van der Waals surface area contributed by atoms with Crippen LogP contribution in [0.4, 0.5) is 0 Å². The van der Waals surface area contributed by atoms with Crippen molar-refractivity contribution in [1.29, 1.82) is 5.26 Å². The second-order valence-corrected chi connectivity index (χ2v) is 11.7. The van der Waals surface area contributed by atoms with E-state index in [9.17, 15) is 19.5 Å². The largest absolute Gasteiger partial charge is 0.481 e. The molecule has 206 valence electrons. The number of carboxylic acid groups (broad SMARTS) is 1. The predicted octanol–water partition coefficient (Wildman–Crippen LogP) is 4.34. The third kappa shape index (κ3) is 6.66. The summed E-state index contributed by atoms with van der Waals surface area (Å²) in [4.78, 5) is 42.7. The molecule has 4 rings (SSSR count). The average molecular weight is 532 g/mol. The molecule has 0 radical (unpaired) electrons. The van der Waals surface area contributed by atoms with Gasteiger partial charge in [-0.05, 0) is 54.0 Å². The van der Waals surface area contributed by atoms with Crippen LogP contribution in [0.1, 0.15) is 61.5 Å². The van der Waals surface area contributed by atoms with Gasteiger partial charge in [0.15, 0.2) is 0 Å². The Kier molecular flexibility index (Phi) is 8.71. The highest BCUT2D eigenvalue weighted by molar-refractivity contribution is 5.98. The first-order valence-corrected chi connectivity index (χ1v) is 13.6. The third-order valence-corrected chi connectivity index (χ3v) is 7.92. The number of rotatable bonds is 7. The Morgan fingerprint density at radius 2 is 1.69 bits per heavy atom. The molecule has 0 saturated carbocycles. The number of amides is 2. The lowest BCUT2D eigenvalue weighted by Crippen LogP contribution is -2.51. The van der Waals surface area contributed by atoms with Crippen molar-refractivity contribution in [3.05, 3.63) is 71.3 Å². The van der Waals surface area contributed by atoms with Gasteiger partial charge in [0.1, 0.15) is 6.04 Å². The van der Waals surface area contributed by atoms with Crippen LogP contribution in [0.2, 0.25) is 0 Å². The van der Waals surface area contributed by atoms with E-state index in [4.69, 9.17) is 10.00 Å². The minimum atomic E-state index is -0.791. The molecule has 2 aliphatic heterocycles. The molecule has 1 N–H and O–H groups in total. The molecule has 2 fully saturated rings. The Morgan fingerprint density at radius 1 is 1.05 bits per heavy atom. The summed E-state index contributed by atoms with van der Waals surface area (Å²) >= 11 is 0. The van der Waals surface area contributed by atoms with Gasteiger partial charge >= 0.3 is 5.97 Å². The highest BCUT2D eigenvalue weighted by atomic mass is 16.5. The maximum absolute atomic E-state index is 13.8. The Hall–Kier alpha value is -3.70. The fourth-order valence-electron chi connectivity index (χ4n) is 5.96. The van der Waals surface area contributed by atoms with Gasteiger partial charge in [-0.3, -0.25) is 14.4 Å². The molecule has 2 aromatic rings. The molecule has 2 aliphatic rings. The molecule has 2 aromatic carbocycles. The fourth-order valence-corrected chi connectivity index (χ4v) is 5.96. The van der Waals surface area contributed by atoms with Crippen LogP contribution in [-0.4, -0.2) is 64.5 Å². The zero-order chi connectivity index (χ0) is 28.2. The van der Waals surface area contributed by atoms with E-state index in [2.05, 4.69) is 6.07 Å². The molecular weight excluding hydrogens is 494 g/mol. The molecule has 0 spiro atoms. The molecule has 3 atom stereocenters. The molecular formula is C31H37N3O5. The summed E-state index contributed by atoms with van der Waals surface area (Å²) in [5.74, 6) is -1.67. The van der Waals surface area contributed by atoms with Gasteiger partial charge in [0.05, 0.1) is 30.3 Å². The van der Waals surface area contributed by atoms with Gasteiger partial charge in [0, 0.05) is 31.6 Å². The summed E-state index contributed by atoms with van der Waals surface area (Å²) in [6.45, 7) is 7.46. The second-order valence-electron chi connectivity index (χ2n) is 11.7. The number of piperidine rings is 1. The standard InChI is InChI=1S/C31H37N3O5/c1-31(2,3)27(30(37)38)23-13-15-33(16-14-23)29(36)26-17-25(39-20-22-7-5-4-6-8-22)19-34(26)28(35)24-11-9-21(18-32)10-12-24/h4-12,23,25-27H,13-17,19-20H2,1-3H3,(H,37,38)/t25-,26-,27?/m1/s1. The highest BCUT2D eigenvalue weighted by Gasteiger charge is 2.44. The Bertz CT molecular complexity index is 1210. The Morgan fingerprint density at radius 3 is 2.26 bits per heavy atom. The van der Waals surface area contributed by atoms with Crippen molar-refractivity contribution in [2.45, 2.75) is 58.8 Å². The van der Waals surface area contributed by atoms with E-state index in [1.54, 1.807) is 34.1 Å². The summed E-state index contributed by atoms with van der Waals surface area (Å²) < 4.78 is 6.15. The molecule has 2 saturated heterocycles. The van der Waals surface area contributed by atoms with Gasteiger partial charge in [-0.15, -0.1) is 0 Å². The lowest BCUT2D eigenvalue weighted by atomic mass is 9.70. The number of likely N-dealkylation sites (tertiary alicyclic amines) is 2. The van der Waals surface area contributed by atoms with Gasteiger partial charge in [-0.25, -0.2) is 0 Å². The number of nitrogens with zero attached hydrogens (tertiary/aromatic N) is 3. The number of hydrogen-bond acceptors (Lipinski definition) is 5. The van der Waals surface area contributed by atoms with E-state index in [1.165, 1.54) is 0 Å². The van der Waals surface area contributed by atoms with E-state index in [1.807, 2.05) is 51.1 Å². The first-order valence-electron chi connectivity index (χ1n) is 13.6. The van der Waals surface area contributed by atoms with Gasteiger partial charge in [-0.1, -0.05) is 51.1 Å². The van der Waals surface area contributed by atoms with Crippen LogP contribution in [0.3, 0.4) is 0 Å². The maximum atomic E-state index is 13.8. The number of nitriles is 1. The van der Waals surface area contributed by atoms with Crippen LogP contribution in [0.25, 0.3) is 0 Å². The van der Waals surface area contributed by atoms with E-state index in [0.29, 0.717) is 56.6 Å². The topological polar surface area (TPSA) is 111 Å². The zero-order valence-corrected chi connectivity index (χ0v) is 22.9. The van der Waals surface area contributed by atoms with E-state index in [-0.39, 0.29) is 29.3 Å². The van der Waals surface area contributed by atoms with E-state index >= 15 is 0 Å². The van der Waals surface area contributed by atoms with Crippen molar-refractivity contribution in [3.63, 3.8) is 0 Å². The molecule has 2 amide bonds. The second kappa shape index (κ2) is 12.0. The van der Waals surface area contributed by atoms with Gasteiger partial charge < -0.3 is 19.6 Å². The van der Waals surface area contributed by atoms with Gasteiger partial charge in [0.25, 0.3) is 5.91 Å². The summed E-state index contributed by atoms with van der Waals surface area (Å²) in [6.07, 6.45) is 1.33. The van der Waals surface area contributed by atoms with Crippen molar-refractivity contribution in [2.24, 2.45) is 17.3 Å². The maximum Gasteiger partial charge on any atom is 0.307 e. The number of carbonyl (C=O) groups is 3. The van der Waals surface area contributed by atoms with Crippen LogP contribution in [0.15, 0.2) is 54.6 Å². The molecule has 0 bridgehead atoms. The first kappa shape index (κ1) is 28.3. The predicted molar refractivity (Wildman–Crippen MR) is 146 cm³/mol. The Balaban J connectivity index is 1.48. The smallest absolute Gasteiger partial charge is 0.307 e. The average Bonchev–Trinajstić information content (AvgIpc) is 3.35. The van der Waals surface area contributed by atoms with Crippen molar-refractivity contribution >= 4 is 17.8 Å². The number of carbonyl (C=O) groups excluding carboxylic acids is 2. The normalized spacial score (nSPS) is 20.9. The number of carboxylic acids is 1. The van der Waals surface area contributed by atoms with E-state index < -0.39 is 17.9 Å². The first-order chi connectivity index (χ1) is 18.6. The summed E-state index contributed by atoms with van der Waals surface area (Å²) in [7, 11) is 0. The van der Waals surface area contributed by atoms with Crippen LogP contribution in [0.5, 0.6) is 0 Å². The number of ether oxygens (including phenoxy) is 1. The van der Waals surface area contributed by atoms with Crippen LogP contribution in [-0.2, 0) is 20.9 Å². The van der Waals surface area contributed by atoms with Gasteiger partial charge in [0.2, 0.25) is 5.91 Å². The number of hydrogen-bond donors (Lipinski definition) is 1. The molecule has 8 nitrogen and oxygen atoms in total. The molecule has 0 aromatic heterocycles. The quantitative estimate of drug-likeness (QED) is 0.569. The number of benzene rings is 2. The van der Waals surface area contributed by atoms with Crippen molar-refractivity contribution in [3.8, 4) is 6.07 Å². The van der Waals surface area contributed by atoms with Crippen molar-refractivity contribution < 1.29 is 24.2 Å². The summed E-state index contributed by atoms with van der Waals surface area (Å²) in [5, 5.41) is 19.0. The minimum Gasteiger partial charge on any atom is -0.481 e. The minimum absolute atomic E-state index is 0.00605. The summed E-state index contributed by atoms with van der Waals surface area (Å²) in [5.41, 5.74) is 1.53. The monoisotopic (exact) mass is 531 g/mol. The summed E-state index contributed by atoms with van der Waals surface area (Å²) in [6, 6.07) is 17.6. The van der Waals surface area contributed by atoms with Crippen LogP contribution in [0, 0.1) is 28.6 Å². The molecule has 39 heavy (non-hydrogen) atoms. The lowest BCUT2D eigenvalue weighted by Gasteiger charge is -2.40. The number of aliphatic carboxylic acids is 1. The third-order valence-electron chi connectivity index (χ3n) is 7.92. The van der Waals surface area contributed by atoms with Gasteiger partial charge in [-0.2, -0.15) is 5.26 Å². The lowest BCUT2D eigenvalue weighted by molar-refractivity contribution is -0.150. The van der Waals surface area contributed by atoms with Crippen LogP contribution < -0.4 is 0 Å². The zero-order valence-electron chi connectivity index (χ0n) is 22.9. The molecule has 2 heterocycles. The fraction of sp³-hybridized carbons (Fsp3) is 0.484. The molecule has 1 unspecified atom stereocenters. The van der Waals surface area contributed by atoms with Crippen molar-refractivity contribution in [2.75, 3.05) is 19.6 Å². The Labute approximate surface area is 230 Å². The SMILES string of the molecule is CC(C)(C)C(C(=O)O)C1CCN(C(=O)[C@H]2C[C@@H](OCc3ccccc3)CN2C(=O)c2ccc(C#N)cc2)CC1. The van der Waals surface area contributed by atoms with E-state index in [0.717, 1.165) is 5.56 Å². The van der Waals surface area contributed by atoms with Crippen molar-refractivity contribution in [1.82, 2.24) is 9.80 Å². The molecule has 8 heteroatoms. The highest BCUT2D eigenvalue weighted by Crippen LogP contribution is 2.38.